The zero-order valence-corrected chi connectivity index (χ0v) is 6.41. The normalized spacial score (nSPS) is 9.18. The SMILES string of the molecule is CCCCCC(=O)O[N+](=O)[O-]. The van der Waals surface area contributed by atoms with Crippen molar-refractivity contribution >= 4 is 5.97 Å². The highest BCUT2D eigenvalue weighted by molar-refractivity contribution is 5.68. The van der Waals surface area contributed by atoms with Crippen LogP contribution in [0.1, 0.15) is 32.6 Å². The number of hydrogen-bond donors (Lipinski definition) is 0. The zero-order valence-electron chi connectivity index (χ0n) is 6.41. The summed E-state index contributed by atoms with van der Waals surface area (Å²) in [5, 5.41) is 8.53. The molecule has 0 aliphatic heterocycles. The van der Waals surface area contributed by atoms with E-state index in [1.165, 1.54) is 0 Å². The lowest BCUT2D eigenvalue weighted by Crippen LogP contribution is -2.09. The van der Waals surface area contributed by atoms with Crippen LogP contribution in [-0.2, 0) is 9.63 Å². The molecule has 0 atom stereocenters. The smallest absolute Gasteiger partial charge is 0.268 e. The van der Waals surface area contributed by atoms with Gasteiger partial charge in [0.05, 0.1) is 0 Å². The van der Waals surface area contributed by atoms with E-state index in [1.807, 2.05) is 6.92 Å². The van der Waals surface area contributed by atoms with Crippen molar-refractivity contribution in [2.75, 3.05) is 0 Å². The average molecular weight is 161 g/mol. The third-order valence-electron chi connectivity index (χ3n) is 1.16. The second-order valence-corrected chi connectivity index (χ2v) is 2.14. The van der Waals surface area contributed by atoms with Crippen LogP contribution in [0.2, 0.25) is 0 Å². The van der Waals surface area contributed by atoms with Gasteiger partial charge in [0.25, 0.3) is 0 Å². The zero-order chi connectivity index (χ0) is 8.69. The van der Waals surface area contributed by atoms with Crippen molar-refractivity contribution in [3.63, 3.8) is 0 Å². The summed E-state index contributed by atoms with van der Waals surface area (Å²) in [4.78, 5) is 23.7. The fourth-order valence-corrected chi connectivity index (χ4v) is 0.648. The van der Waals surface area contributed by atoms with Gasteiger partial charge in [0.1, 0.15) is 0 Å². The summed E-state index contributed by atoms with van der Waals surface area (Å²) in [6, 6.07) is 0. The number of carbonyl (C=O) groups is 1. The van der Waals surface area contributed by atoms with Gasteiger partial charge in [-0.3, -0.25) is 4.79 Å². The maximum atomic E-state index is 10.5. The molecule has 0 N–H and O–H groups in total. The first-order valence-electron chi connectivity index (χ1n) is 3.52. The van der Waals surface area contributed by atoms with E-state index in [4.69, 9.17) is 0 Å². The fraction of sp³-hybridized carbons (Fsp3) is 0.833. The molecule has 0 radical (unpaired) electrons. The molecule has 0 aliphatic carbocycles. The van der Waals surface area contributed by atoms with Crippen LogP contribution in [0.3, 0.4) is 0 Å². The van der Waals surface area contributed by atoms with Crippen LogP contribution in [0.4, 0.5) is 0 Å². The van der Waals surface area contributed by atoms with Crippen molar-refractivity contribution < 1.29 is 14.7 Å². The lowest BCUT2D eigenvalue weighted by molar-refractivity contribution is -0.729. The third kappa shape index (κ3) is 6.76. The van der Waals surface area contributed by atoms with Gasteiger partial charge in [-0.2, -0.15) is 0 Å². The van der Waals surface area contributed by atoms with Crippen LogP contribution < -0.4 is 0 Å². The minimum atomic E-state index is -1.08. The van der Waals surface area contributed by atoms with Gasteiger partial charge in [-0.25, -0.2) is 4.84 Å². The molecule has 11 heavy (non-hydrogen) atoms. The Hall–Kier alpha value is -1.13. The van der Waals surface area contributed by atoms with E-state index >= 15 is 0 Å². The Morgan fingerprint density at radius 1 is 1.55 bits per heavy atom. The molecule has 0 aromatic heterocycles. The van der Waals surface area contributed by atoms with Gasteiger partial charge in [0.15, 0.2) is 0 Å². The Morgan fingerprint density at radius 2 is 2.18 bits per heavy atom. The third-order valence-corrected chi connectivity index (χ3v) is 1.16. The number of unbranched alkanes of at least 4 members (excludes halogenated alkanes) is 2. The summed E-state index contributed by atoms with van der Waals surface area (Å²) in [7, 11) is 0. The van der Waals surface area contributed by atoms with E-state index in [0.717, 1.165) is 12.8 Å². The van der Waals surface area contributed by atoms with Crippen LogP contribution in [0, 0.1) is 10.1 Å². The maximum Gasteiger partial charge on any atom is 0.303 e. The Kier molecular flexibility index (Phi) is 5.06. The quantitative estimate of drug-likeness (QED) is 0.346. The molecule has 0 saturated heterocycles. The standard InChI is InChI=1S/C6H11NO4/c1-2-3-4-5-6(8)11-7(9)10/h2-5H2,1H3. The first-order chi connectivity index (χ1) is 5.16. The Balaban J connectivity index is 3.30. The van der Waals surface area contributed by atoms with Crippen molar-refractivity contribution in [3.8, 4) is 0 Å². The summed E-state index contributed by atoms with van der Waals surface area (Å²) in [6.45, 7) is 1.98. The summed E-state index contributed by atoms with van der Waals surface area (Å²) in [6.07, 6.45) is 2.66. The number of rotatable bonds is 5. The average Bonchev–Trinajstić information content (AvgIpc) is 1.86. The second kappa shape index (κ2) is 5.64. The van der Waals surface area contributed by atoms with Crippen LogP contribution >= 0.6 is 0 Å². The molecule has 0 heterocycles. The van der Waals surface area contributed by atoms with Crippen LogP contribution in [0.5, 0.6) is 0 Å². The molecule has 64 valence electrons. The predicted octanol–water partition coefficient (Wildman–Crippen LogP) is 1.30. The Morgan fingerprint density at radius 3 is 2.64 bits per heavy atom. The topological polar surface area (TPSA) is 69.4 Å². The molecule has 0 amide bonds. The summed E-state index contributed by atoms with van der Waals surface area (Å²) < 4.78 is 0. The molecule has 0 spiro atoms. The van der Waals surface area contributed by atoms with Crippen molar-refractivity contribution in [2.45, 2.75) is 32.6 Å². The molecule has 0 rings (SSSR count). The first kappa shape index (κ1) is 9.87. The monoisotopic (exact) mass is 161 g/mol. The van der Waals surface area contributed by atoms with Crippen molar-refractivity contribution in [1.82, 2.24) is 0 Å². The Bertz CT molecular complexity index is 146. The highest BCUT2D eigenvalue weighted by atomic mass is 17.0. The van der Waals surface area contributed by atoms with Gasteiger partial charge in [0.2, 0.25) is 0 Å². The van der Waals surface area contributed by atoms with E-state index < -0.39 is 11.1 Å². The van der Waals surface area contributed by atoms with Crippen LogP contribution in [0.15, 0.2) is 0 Å². The summed E-state index contributed by atoms with van der Waals surface area (Å²) in [5.74, 6) is -0.761. The number of nitrogens with zero attached hydrogens (tertiary/aromatic N) is 1. The molecule has 0 unspecified atom stereocenters. The second-order valence-electron chi connectivity index (χ2n) is 2.14. The van der Waals surface area contributed by atoms with Gasteiger partial charge < -0.3 is 0 Å². The minimum Gasteiger partial charge on any atom is -0.268 e. The van der Waals surface area contributed by atoms with E-state index in [0.29, 0.717) is 6.42 Å². The maximum absolute atomic E-state index is 10.5. The van der Waals surface area contributed by atoms with Gasteiger partial charge in [-0.15, -0.1) is 10.1 Å². The summed E-state index contributed by atoms with van der Waals surface area (Å²) in [5.41, 5.74) is 0. The molecule has 0 bridgehead atoms. The lowest BCUT2D eigenvalue weighted by Gasteiger charge is -1.95. The van der Waals surface area contributed by atoms with Gasteiger partial charge in [-0.1, -0.05) is 19.8 Å². The van der Waals surface area contributed by atoms with Crippen molar-refractivity contribution in [2.24, 2.45) is 0 Å². The molecule has 0 saturated carbocycles. The Labute approximate surface area is 64.4 Å². The van der Waals surface area contributed by atoms with Crippen LogP contribution in [0.25, 0.3) is 0 Å². The molecule has 0 aliphatic rings. The highest BCUT2D eigenvalue weighted by Gasteiger charge is 2.05. The van der Waals surface area contributed by atoms with E-state index in [-0.39, 0.29) is 6.42 Å². The fourth-order valence-electron chi connectivity index (χ4n) is 0.648. The molecule has 0 aromatic rings. The van der Waals surface area contributed by atoms with Gasteiger partial charge in [0, 0.05) is 6.42 Å². The molecule has 5 nitrogen and oxygen atoms in total. The van der Waals surface area contributed by atoms with Crippen LogP contribution in [-0.4, -0.2) is 11.1 Å². The van der Waals surface area contributed by atoms with Gasteiger partial charge in [-0.05, 0) is 6.42 Å². The largest absolute Gasteiger partial charge is 0.303 e. The number of hydrogen-bond acceptors (Lipinski definition) is 4. The van der Waals surface area contributed by atoms with Crippen molar-refractivity contribution in [1.29, 1.82) is 0 Å². The summed E-state index contributed by atoms with van der Waals surface area (Å²) >= 11 is 0. The molecular formula is C6H11NO4. The molecule has 0 aromatic carbocycles. The first-order valence-corrected chi connectivity index (χ1v) is 3.52. The predicted molar refractivity (Wildman–Crippen MR) is 37.2 cm³/mol. The van der Waals surface area contributed by atoms with Crippen molar-refractivity contribution in [3.05, 3.63) is 10.1 Å². The molecule has 5 heteroatoms. The van der Waals surface area contributed by atoms with E-state index in [2.05, 4.69) is 4.84 Å². The minimum absolute atomic E-state index is 0.134. The lowest BCUT2D eigenvalue weighted by atomic mass is 10.2. The van der Waals surface area contributed by atoms with Gasteiger partial charge >= 0.3 is 11.1 Å². The van der Waals surface area contributed by atoms with E-state index in [9.17, 15) is 14.9 Å². The number of carbonyl (C=O) groups excluding carboxylic acids is 1. The molecular weight excluding hydrogens is 150 g/mol. The highest BCUT2D eigenvalue weighted by Crippen LogP contribution is 1.99. The molecule has 0 fully saturated rings. The van der Waals surface area contributed by atoms with E-state index in [1.54, 1.807) is 0 Å².